The van der Waals surface area contributed by atoms with Gasteiger partial charge >= 0.3 is 0 Å². The minimum atomic E-state index is 0.673. The molecule has 3 nitrogen and oxygen atoms in total. The van der Waals surface area contributed by atoms with E-state index in [9.17, 15) is 0 Å². The van der Waals surface area contributed by atoms with Crippen LogP contribution in [0.2, 0.25) is 0 Å². The van der Waals surface area contributed by atoms with Crippen LogP contribution in [0.4, 0.5) is 0 Å². The molecular weight excluding hydrogens is 224 g/mol. The van der Waals surface area contributed by atoms with E-state index in [0.717, 1.165) is 25.8 Å². The highest BCUT2D eigenvalue weighted by Gasteiger charge is 2.33. The van der Waals surface area contributed by atoms with E-state index in [1.54, 1.807) is 0 Å². The van der Waals surface area contributed by atoms with Crippen molar-refractivity contribution in [3.05, 3.63) is 0 Å². The molecule has 0 bridgehead atoms. The maximum absolute atomic E-state index is 5.70. The number of unbranched alkanes of at least 4 members (excludes halogenated alkanes) is 1. The summed E-state index contributed by atoms with van der Waals surface area (Å²) in [6.45, 7) is 10.00. The average Bonchev–Trinajstić information content (AvgIpc) is 3.21. The van der Waals surface area contributed by atoms with Gasteiger partial charge in [0.2, 0.25) is 0 Å². The van der Waals surface area contributed by atoms with Gasteiger partial charge in [0, 0.05) is 31.2 Å². The van der Waals surface area contributed by atoms with Gasteiger partial charge in [0.15, 0.2) is 0 Å². The van der Waals surface area contributed by atoms with Gasteiger partial charge in [0.25, 0.3) is 0 Å². The Morgan fingerprint density at radius 2 is 2.06 bits per heavy atom. The second-order valence-corrected chi connectivity index (χ2v) is 5.87. The van der Waals surface area contributed by atoms with Crippen LogP contribution in [0.3, 0.4) is 0 Å². The Labute approximate surface area is 112 Å². The van der Waals surface area contributed by atoms with Crippen LogP contribution < -0.4 is 5.32 Å². The number of ether oxygens (including phenoxy) is 1. The maximum atomic E-state index is 5.70. The van der Waals surface area contributed by atoms with Crippen LogP contribution in [0.1, 0.15) is 46.0 Å². The van der Waals surface area contributed by atoms with Crippen LogP contribution in [-0.2, 0) is 4.74 Å². The normalized spacial score (nSPS) is 28.8. The summed E-state index contributed by atoms with van der Waals surface area (Å²) in [5, 5.41) is 3.65. The van der Waals surface area contributed by atoms with E-state index in [2.05, 4.69) is 24.1 Å². The van der Waals surface area contributed by atoms with Gasteiger partial charge in [0.05, 0.1) is 6.61 Å². The highest BCUT2D eigenvalue weighted by molar-refractivity contribution is 4.89. The Kier molecular flexibility index (Phi) is 5.93. The minimum absolute atomic E-state index is 0.673. The first-order valence-corrected chi connectivity index (χ1v) is 7.90. The van der Waals surface area contributed by atoms with Crippen molar-refractivity contribution in [2.24, 2.45) is 5.92 Å². The lowest BCUT2D eigenvalue weighted by Crippen LogP contribution is -2.48. The molecule has 2 fully saturated rings. The number of rotatable bonds is 8. The Bertz CT molecular complexity index is 229. The predicted octanol–water partition coefficient (Wildman–Crippen LogP) is 2.27. The van der Waals surface area contributed by atoms with Gasteiger partial charge < -0.3 is 10.1 Å². The highest BCUT2D eigenvalue weighted by atomic mass is 16.5. The molecule has 1 heterocycles. The van der Waals surface area contributed by atoms with Crippen molar-refractivity contribution in [3.8, 4) is 0 Å². The zero-order valence-corrected chi connectivity index (χ0v) is 12.2. The van der Waals surface area contributed by atoms with Crippen molar-refractivity contribution in [1.29, 1.82) is 0 Å². The van der Waals surface area contributed by atoms with Crippen LogP contribution in [0, 0.1) is 5.92 Å². The van der Waals surface area contributed by atoms with Crippen LogP contribution >= 0.6 is 0 Å². The van der Waals surface area contributed by atoms with E-state index in [-0.39, 0.29) is 0 Å². The first kappa shape index (κ1) is 14.3. The predicted molar refractivity (Wildman–Crippen MR) is 75.9 cm³/mol. The molecule has 0 radical (unpaired) electrons. The molecule has 1 saturated carbocycles. The van der Waals surface area contributed by atoms with Crippen molar-refractivity contribution in [1.82, 2.24) is 10.2 Å². The zero-order valence-electron chi connectivity index (χ0n) is 12.2. The molecular formula is C15H30N2O. The fourth-order valence-electron chi connectivity index (χ4n) is 3.03. The fraction of sp³-hybridized carbons (Fsp3) is 1.00. The van der Waals surface area contributed by atoms with Crippen molar-refractivity contribution in [3.63, 3.8) is 0 Å². The first-order valence-electron chi connectivity index (χ1n) is 7.90. The molecule has 18 heavy (non-hydrogen) atoms. The molecule has 0 aromatic carbocycles. The SMILES string of the molecule is CCCCN(CC1COCCC1NCC)C1CC1. The lowest BCUT2D eigenvalue weighted by atomic mass is 9.95. The second kappa shape index (κ2) is 7.46. The molecule has 2 unspecified atom stereocenters. The van der Waals surface area contributed by atoms with Crippen LogP contribution in [-0.4, -0.2) is 49.8 Å². The van der Waals surface area contributed by atoms with Gasteiger partial charge in [-0.1, -0.05) is 20.3 Å². The molecule has 1 aliphatic carbocycles. The summed E-state index contributed by atoms with van der Waals surface area (Å²) in [5.41, 5.74) is 0. The van der Waals surface area contributed by atoms with E-state index in [1.807, 2.05) is 0 Å². The summed E-state index contributed by atoms with van der Waals surface area (Å²) in [6, 6.07) is 1.56. The van der Waals surface area contributed by atoms with E-state index in [4.69, 9.17) is 4.74 Å². The standard InChI is InChI=1S/C15H30N2O/c1-3-5-9-17(14-6-7-14)11-13-12-18-10-8-15(13)16-4-2/h13-16H,3-12H2,1-2H3. The monoisotopic (exact) mass is 254 g/mol. The number of nitrogens with one attached hydrogen (secondary N) is 1. The third-order valence-corrected chi connectivity index (χ3v) is 4.27. The average molecular weight is 254 g/mol. The molecule has 1 saturated heterocycles. The Morgan fingerprint density at radius 3 is 2.72 bits per heavy atom. The van der Waals surface area contributed by atoms with E-state index in [0.29, 0.717) is 12.0 Å². The van der Waals surface area contributed by atoms with Crippen LogP contribution in [0.25, 0.3) is 0 Å². The maximum Gasteiger partial charge on any atom is 0.0521 e. The van der Waals surface area contributed by atoms with Gasteiger partial charge in [-0.25, -0.2) is 0 Å². The molecule has 0 spiro atoms. The van der Waals surface area contributed by atoms with Gasteiger partial charge in [-0.2, -0.15) is 0 Å². The van der Waals surface area contributed by atoms with Gasteiger partial charge in [-0.05, 0) is 38.8 Å². The molecule has 0 aromatic rings. The summed E-state index contributed by atoms with van der Waals surface area (Å²) in [5.74, 6) is 0.691. The first-order chi connectivity index (χ1) is 8.85. The molecule has 106 valence electrons. The van der Waals surface area contributed by atoms with Crippen molar-refractivity contribution in [2.75, 3.05) is 32.8 Å². The number of hydrogen-bond donors (Lipinski definition) is 1. The quantitative estimate of drug-likeness (QED) is 0.719. The Balaban J connectivity index is 1.82. The molecule has 1 N–H and O–H groups in total. The molecule has 2 atom stereocenters. The van der Waals surface area contributed by atoms with Crippen molar-refractivity contribution in [2.45, 2.75) is 58.0 Å². The van der Waals surface area contributed by atoms with E-state index in [1.165, 1.54) is 45.2 Å². The largest absolute Gasteiger partial charge is 0.381 e. The molecule has 0 aromatic heterocycles. The zero-order chi connectivity index (χ0) is 12.8. The highest BCUT2D eigenvalue weighted by Crippen LogP contribution is 2.29. The number of nitrogens with zero attached hydrogens (tertiary/aromatic N) is 1. The van der Waals surface area contributed by atoms with Crippen molar-refractivity contribution < 1.29 is 4.74 Å². The van der Waals surface area contributed by atoms with E-state index < -0.39 is 0 Å². The second-order valence-electron chi connectivity index (χ2n) is 5.87. The van der Waals surface area contributed by atoms with Gasteiger partial charge in [-0.3, -0.25) is 4.90 Å². The van der Waals surface area contributed by atoms with Crippen LogP contribution in [0.5, 0.6) is 0 Å². The molecule has 3 heteroatoms. The third kappa shape index (κ3) is 4.22. The third-order valence-electron chi connectivity index (χ3n) is 4.27. The minimum Gasteiger partial charge on any atom is -0.381 e. The fourth-order valence-corrected chi connectivity index (χ4v) is 3.03. The lowest BCUT2D eigenvalue weighted by Gasteiger charge is -2.36. The smallest absolute Gasteiger partial charge is 0.0521 e. The van der Waals surface area contributed by atoms with Gasteiger partial charge in [0.1, 0.15) is 0 Å². The summed E-state index contributed by atoms with van der Waals surface area (Å²) >= 11 is 0. The summed E-state index contributed by atoms with van der Waals surface area (Å²) in [6.07, 6.45) is 6.67. The molecule has 2 aliphatic rings. The summed E-state index contributed by atoms with van der Waals surface area (Å²) in [7, 11) is 0. The summed E-state index contributed by atoms with van der Waals surface area (Å²) in [4.78, 5) is 2.73. The topological polar surface area (TPSA) is 24.5 Å². The van der Waals surface area contributed by atoms with Gasteiger partial charge in [-0.15, -0.1) is 0 Å². The Morgan fingerprint density at radius 1 is 1.22 bits per heavy atom. The molecule has 0 amide bonds. The van der Waals surface area contributed by atoms with Crippen LogP contribution in [0.15, 0.2) is 0 Å². The lowest BCUT2D eigenvalue weighted by molar-refractivity contribution is 0.0156. The Hall–Kier alpha value is -0.120. The molecule has 1 aliphatic heterocycles. The van der Waals surface area contributed by atoms with Crippen molar-refractivity contribution >= 4 is 0 Å². The summed E-state index contributed by atoms with van der Waals surface area (Å²) < 4.78 is 5.70. The molecule has 2 rings (SSSR count). The number of hydrogen-bond acceptors (Lipinski definition) is 3. The van der Waals surface area contributed by atoms with E-state index >= 15 is 0 Å².